The van der Waals surface area contributed by atoms with Gasteiger partial charge in [0, 0.05) is 10.8 Å². The summed E-state index contributed by atoms with van der Waals surface area (Å²) in [5.74, 6) is 0. The maximum Gasteiger partial charge on any atom is 0.185 e. The highest BCUT2D eigenvalue weighted by atomic mass is 15.3. The van der Waals surface area contributed by atoms with Crippen LogP contribution in [0.15, 0.2) is 24.5 Å². The topological polar surface area (TPSA) is 43.1 Å². The zero-order chi connectivity index (χ0) is 10.4. The SMILES string of the molecule is Cc1ccc2c(c1)c(C)nn1cnnc21. The Bertz CT molecular complexity index is 654. The summed E-state index contributed by atoms with van der Waals surface area (Å²) in [5, 5.41) is 14.6. The Hall–Kier alpha value is -1.97. The van der Waals surface area contributed by atoms with Crippen molar-refractivity contribution in [2.45, 2.75) is 13.8 Å². The van der Waals surface area contributed by atoms with E-state index in [0.29, 0.717) is 0 Å². The fourth-order valence-electron chi connectivity index (χ4n) is 1.85. The molecule has 2 aromatic heterocycles. The lowest BCUT2D eigenvalue weighted by molar-refractivity contribution is 0.906. The van der Waals surface area contributed by atoms with E-state index in [-0.39, 0.29) is 0 Å². The highest BCUT2D eigenvalue weighted by Gasteiger charge is 2.06. The van der Waals surface area contributed by atoms with Gasteiger partial charge in [-0.05, 0) is 19.9 Å². The quantitative estimate of drug-likeness (QED) is 0.554. The van der Waals surface area contributed by atoms with Crippen molar-refractivity contribution in [1.82, 2.24) is 19.8 Å². The van der Waals surface area contributed by atoms with Gasteiger partial charge in [0.05, 0.1) is 5.69 Å². The number of aromatic nitrogens is 4. The first kappa shape index (κ1) is 8.35. The van der Waals surface area contributed by atoms with Crippen LogP contribution >= 0.6 is 0 Å². The van der Waals surface area contributed by atoms with E-state index < -0.39 is 0 Å². The third-order valence-corrected chi connectivity index (χ3v) is 2.59. The summed E-state index contributed by atoms with van der Waals surface area (Å²) < 4.78 is 1.72. The molecule has 3 rings (SSSR count). The maximum absolute atomic E-state index is 4.40. The molecule has 0 radical (unpaired) electrons. The molecule has 1 aromatic carbocycles. The Kier molecular flexibility index (Phi) is 1.54. The van der Waals surface area contributed by atoms with E-state index in [2.05, 4.69) is 40.4 Å². The number of hydrogen-bond donors (Lipinski definition) is 0. The van der Waals surface area contributed by atoms with Crippen molar-refractivity contribution in [2.75, 3.05) is 0 Å². The third kappa shape index (κ3) is 1.11. The molecule has 0 unspecified atom stereocenters. The second-order valence-electron chi connectivity index (χ2n) is 3.73. The maximum atomic E-state index is 4.40. The van der Waals surface area contributed by atoms with Gasteiger partial charge < -0.3 is 0 Å². The second kappa shape index (κ2) is 2.76. The first-order valence-corrected chi connectivity index (χ1v) is 4.83. The lowest BCUT2D eigenvalue weighted by atomic mass is 10.1. The lowest BCUT2D eigenvalue weighted by Crippen LogP contribution is -1.95. The van der Waals surface area contributed by atoms with E-state index in [1.807, 2.05) is 6.92 Å². The van der Waals surface area contributed by atoms with E-state index in [1.54, 1.807) is 10.8 Å². The fourth-order valence-corrected chi connectivity index (χ4v) is 1.85. The van der Waals surface area contributed by atoms with Gasteiger partial charge in [-0.1, -0.05) is 17.7 Å². The van der Waals surface area contributed by atoms with Crippen molar-refractivity contribution < 1.29 is 0 Å². The number of fused-ring (bicyclic) bond motifs is 3. The first-order valence-electron chi connectivity index (χ1n) is 4.83. The molecule has 0 atom stereocenters. The van der Waals surface area contributed by atoms with Crippen molar-refractivity contribution in [2.24, 2.45) is 0 Å². The molecule has 0 saturated heterocycles. The zero-order valence-corrected chi connectivity index (χ0v) is 8.60. The molecule has 0 aliphatic carbocycles. The molecule has 0 fully saturated rings. The molecule has 4 heteroatoms. The lowest BCUT2D eigenvalue weighted by Gasteiger charge is -2.03. The average Bonchev–Trinajstić information content (AvgIpc) is 2.66. The van der Waals surface area contributed by atoms with Gasteiger partial charge >= 0.3 is 0 Å². The van der Waals surface area contributed by atoms with Crippen molar-refractivity contribution in [1.29, 1.82) is 0 Å². The van der Waals surface area contributed by atoms with Crippen LogP contribution in [0.4, 0.5) is 0 Å². The summed E-state index contributed by atoms with van der Waals surface area (Å²) in [7, 11) is 0. The highest BCUT2D eigenvalue weighted by molar-refractivity contribution is 5.95. The molecule has 74 valence electrons. The van der Waals surface area contributed by atoms with Gasteiger partial charge in [0.15, 0.2) is 5.65 Å². The first-order chi connectivity index (χ1) is 7.25. The van der Waals surface area contributed by atoms with Gasteiger partial charge in [0.25, 0.3) is 0 Å². The third-order valence-electron chi connectivity index (χ3n) is 2.59. The minimum absolute atomic E-state index is 0.815. The minimum atomic E-state index is 0.815. The van der Waals surface area contributed by atoms with E-state index in [1.165, 1.54) is 5.56 Å². The Morgan fingerprint density at radius 3 is 2.87 bits per heavy atom. The van der Waals surface area contributed by atoms with Gasteiger partial charge in [-0.25, -0.2) is 0 Å². The zero-order valence-electron chi connectivity index (χ0n) is 8.60. The minimum Gasteiger partial charge on any atom is -0.200 e. The molecular weight excluding hydrogens is 188 g/mol. The molecular formula is C11H10N4. The van der Waals surface area contributed by atoms with E-state index in [9.17, 15) is 0 Å². The summed E-state index contributed by atoms with van der Waals surface area (Å²) in [6.07, 6.45) is 1.63. The van der Waals surface area contributed by atoms with E-state index in [4.69, 9.17) is 0 Å². The Morgan fingerprint density at radius 2 is 2.00 bits per heavy atom. The molecule has 4 nitrogen and oxygen atoms in total. The highest BCUT2D eigenvalue weighted by Crippen LogP contribution is 2.21. The normalized spacial score (nSPS) is 11.3. The number of rotatable bonds is 0. The van der Waals surface area contributed by atoms with Crippen LogP contribution in [0, 0.1) is 13.8 Å². The molecule has 0 aliphatic rings. The van der Waals surface area contributed by atoms with Gasteiger partial charge in [-0.15, -0.1) is 10.2 Å². The van der Waals surface area contributed by atoms with Crippen LogP contribution in [0.3, 0.4) is 0 Å². The summed E-state index contributed by atoms with van der Waals surface area (Å²) in [4.78, 5) is 0. The number of hydrogen-bond acceptors (Lipinski definition) is 3. The Labute approximate surface area is 86.6 Å². The molecule has 2 heterocycles. The predicted octanol–water partition coefficient (Wildman–Crippen LogP) is 1.89. The fraction of sp³-hybridized carbons (Fsp3) is 0.182. The van der Waals surface area contributed by atoms with Crippen molar-refractivity contribution in [3.05, 3.63) is 35.8 Å². The molecule has 0 spiro atoms. The van der Waals surface area contributed by atoms with Crippen molar-refractivity contribution in [3.63, 3.8) is 0 Å². The van der Waals surface area contributed by atoms with Crippen LogP contribution in [-0.4, -0.2) is 19.8 Å². The number of benzene rings is 1. The molecule has 0 amide bonds. The monoisotopic (exact) mass is 198 g/mol. The summed E-state index contributed by atoms with van der Waals surface area (Å²) in [6, 6.07) is 6.28. The molecule has 3 aromatic rings. The van der Waals surface area contributed by atoms with Gasteiger partial charge in [-0.3, -0.25) is 0 Å². The van der Waals surface area contributed by atoms with Crippen LogP contribution in [0.1, 0.15) is 11.3 Å². The van der Waals surface area contributed by atoms with Gasteiger partial charge in [0.1, 0.15) is 6.33 Å². The molecule has 0 N–H and O–H groups in total. The molecule has 0 bridgehead atoms. The number of aryl methyl sites for hydroxylation is 2. The van der Waals surface area contributed by atoms with Gasteiger partial charge in [0.2, 0.25) is 0 Å². The second-order valence-corrected chi connectivity index (χ2v) is 3.73. The molecule has 15 heavy (non-hydrogen) atoms. The summed E-state index contributed by atoms with van der Waals surface area (Å²) >= 11 is 0. The van der Waals surface area contributed by atoms with Crippen LogP contribution in [0.5, 0.6) is 0 Å². The summed E-state index contributed by atoms with van der Waals surface area (Å²) in [5.41, 5.74) is 3.05. The van der Waals surface area contributed by atoms with E-state index >= 15 is 0 Å². The van der Waals surface area contributed by atoms with Crippen molar-refractivity contribution >= 4 is 16.4 Å². The average molecular weight is 198 g/mol. The Morgan fingerprint density at radius 1 is 1.13 bits per heavy atom. The van der Waals surface area contributed by atoms with Crippen LogP contribution < -0.4 is 0 Å². The van der Waals surface area contributed by atoms with Crippen molar-refractivity contribution in [3.8, 4) is 0 Å². The van der Waals surface area contributed by atoms with Crippen LogP contribution in [0.25, 0.3) is 16.4 Å². The smallest absolute Gasteiger partial charge is 0.185 e. The summed E-state index contributed by atoms with van der Waals surface area (Å²) in [6.45, 7) is 4.08. The molecule has 0 aliphatic heterocycles. The largest absolute Gasteiger partial charge is 0.200 e. The van der Waals surface area contributed by atoms with Crippen LogP contribution in [0.2, 0.25) is 0 Å². The van der Waals surface area contributed by atoms with Crippen LogP contribution in [-0.2, 0) is 0 Å². The molecule has 0 saturated carbocycles. The van der Waals surface area contributed by atoms with E-state index in [0.717, 1.165) is 22.1 Å². The van der Waals surface area contributed by atoms with Gasteiger partial charge in [-0.2, -0.15) is 9.61 Å². The predicted molar refractivity (Wildman–Crippen MR) is 57.8 cm³/mol. The standard InChI is InChI=1S/C11H10N4/c1-7-3-4-9-10(5-7)8(2)14-15-6-12-13-11(9)15/h3-6H,1-2H3. The Balaban J connectivity index is 2.61. The number of nitrogens with zero attached hydrogens (tertiary/aromatic N) is 4.